The molecule has 150 valence electrons. The molecule has 0 aliphatic heterocycles. The van der Waals surface area contributed by atoms with Gasteiger partial charge in [-0.05, 0) is 24.3 Å². The number of ether oxygens (including phenoxy) is 2. The van der Waals surface area contributed by atoms with Crippen molar-refractivity contribution in [1.82, 2.24) is 4.98 Å². The third kappa shape index (κ3) is 4.58. The number of esters is 1. The van der Waals surface area contributed by atoms with Crippen molar-refractivity contribution >= 4 is 34.0 Å². The number of carbonyl (C=O) groups excluding carboxylic acids is 2. The number of methoxy groups -OCH3 is 2. The Labute approximate surface area is 168 Å². The van der Waals surface area contributed by atoms with Crippen LogP contribution in [0.25, 0.3) is 11.3 Å². The van der Waals surface area contributed by atoms with E-state index in [0.29, 0.717) is 11.4 Å². The number of thiazole rings is 1. The molecular formula is C18H15N3O7S. The molecule has 3 aromatic rings. The molecule has 2 aromatic heterocycles. The van der Waals surface area contributed by atoms with Gasteiger partial charge in [0.15, 0.2) is 10.9 Å². The van der Waals surface area contributed by atoms with E-state index in [1.165, 1.54) is 38.5 Å². The second-order valence-corrected chi connectivity index (χ2v) is 6.51. The second-order valence-electron chi connectivity index (χ2n) is 5.66. The molecule has 0 bridgehead atoms. The lowest BCUT2D eigenvalue weighted by atomic mass is 10.1. The number of nitro groups is 1. The van der Waals surface area contributed by atoms with Gasteiger partial charge in [0.05, 0.1) is 42.9 Å². The number of anilines is 1. The van der Waals surface area contributed by atoms with Crippen LogP contribution in [0, 0.1) is 10.1 Å². The van der Waals surface area contributed by atoms with E-state index >= 15 is 0 Å². The fourth-order valence-electron chi connectivity index (χ4n) is 2.43. The lowest BCUT2D eigenvalue weighted by Gasteiger charge is -2.03. The largest absolute Gasteiger partial charge is 0.497 e. The highest BCUT2D eigenvalue weighted by molar-refractivity contribution is 7.14. The molecule has 1 amide bonds. The average molecular weight is 417 g/mol. The van der Waals surface area contributed by atoms with Gasteiger partial charge in [-0.25, -0.2) is 4.98 Å². The molecule has 0 unspecified atom stereocenters. The van der Waals surface area contributed by atoms with Gasteiger partial charge in [0.25, 0.3) is 11.6 Å². The van der Waals surface area contributed by atoms with Crippen LogP contribution in [-0.4, -0.2) is 36.0 Å². The van der Waals surface area contributed by atoms with Gasteiger partial charge in [-0.1, -0.05) is 0 Å². The summed E-state index contributed by atoms with van der Waals surface area (Å²) in [6, 6.07) is 7.19. The summed E-state index contributed by atoms with van der Waals surface area (Å²) in [5.74, 6) is -0.572. The summed E-state index contributed by atoms with van der Waals surface area (Å²) >= 11 is 1.14. The minimum Gasteiger partial charge on any atom is -0.497 e. The first-order valence-electron chi connectivity index (χ1n) is 8.16. The molecule has 0 saturated carbocycles. The summed E-state index contributed by atoms with van der Waals surface area (Å²) in [7, 11) is 2.68. The van der Waals surface area contributed by atoms with Gasteiger partial charge in [-0.2, -0.15) is 0 Å². The van der Waals surface area contributed by atoms with E-state index in [1.54, 1.807) is 11.4 Å². The van der Waals surface area contributed by atoms with Crippen LogP contribution in [0.4, 0.5) is 10.8 Å². The topological polar surface area (TPSA) is 134 Å². The van der Waals surface area contributed by atoms with Crippen molar-refractivity contribution in [3.05, 3.63) is 57.3 Å². The monoisotopic (exact) mass is 417 g/mol. The smallest absolute Gasteiger partial charge is 0.311 e. The Balaban J connectivity index is 1.77. The highest BCUT2D eigenvalue weighted by Gasteiger charge is 2.21. The Morgan fingerprint density at radius 1 is 1.28 bits per heavy atom. The predicted molar refractivity (Wildman–Crippen MR) is 103 cm³/mol. The van der Waals surface area contributed by atoms with Crippen LogP contribution < -0.4 is 10.1 Å². The highest BCUT2D eigenvalue weighted by Crippen LogP contribution is 2.34. The van der Waals surface area contributed by atoms with Crippen molar-refractivity contribution in [3.63, 3.8) is 0 Å². The summed E-state index contributed by atoms with van der Waals surface area (Å²) in [5.41, 5.74) is 0.466. The summed E-state index contributed by atoms with van der Waals surface area (Å²) in [6.07, 6.45) is -0.00505. The van der Waals surface area contributed by atoms with Crippen LogP contribution in [0.2, 0.25) is 0 Å². The first-order valence-corrected chi connectivity index (χ1v) is 9.04. The van der Waals surface area contributed by atoms with Crippen LogP contribution in [-0.2, 0) is 16.0 Å². The Morgan fingerprint density at radius 3 is 2.76 bits per heavy atom. The standard InChI is InChI=1S/C18H15N3O7S/c1-26-11-3-4-12(13(8-11)21(24)25)14-5-6-15(28-14)17(23)20-18-19-10(9-29-18)7-16(22)27-2/h3-6,8-9H,7H2,1-2H3,(H,19,20,23). The molecule has 0 radical (unpaired) electrons. The van der Waals surface area contributed by atoms with Crippen molar-refractivity contribution in [2.24, 2.45) is 0 Å². The van der Waals surface area contributed by atoms with E-state index in [1.807, 2.05) is 0 Å². The quantitative estimate of drug-likeness (QED) is 0.352. The van der Waals surface area contributed by atoms with E-state index in [9.17, 15) is 19.7 Å². The molecule has 1 N–H and O–H groups in total. The van der Waals surface area contributed by atoms with Gasteiger partial charge in [-0.3, -0.25) is 25.0 Å². The van der Waals surface area contributed by atoms with Crippen molar-refractivity contribution in [2.45, 2.75) is 6.42 Å². The van der Waals surface area contributed by atoms with Crippen molar-refractivity contribution < 1.29 is 28.4 Å². The molecule has 10 nitrogen and oxygen atoms in total. The third-order valence-corrected chi connectivity index (χ3v) is 4.63. The van der Waals surface area contributed by atoms with E-state index < -0.39 is 16.8 Å². The van der Waals surface area contributed by atoms with Gasteiger partial charge in [0.2, 0.25) is 0 Å². The van der Waals surface area contributed by atoms with E-state index in [4.69, 9.17) is 9.15 Å². The lowest BCUT2D eigenvalue weighted by molar-refractivity contribution is -0.384. The van der Waals surface area contributed by atoms with Crippen LogP contribution in [0.1, 0.15) is 16.2 Å². The number of amides is 1. The van der Waals surface area contributed by atoms with Crippen LogP contribution in [0.5, 0.6) is 5.75 Å². The molecule has 0 saturated heterocycles. The maximum absolute atomic E-state index is 12.4. The Bertz CT molecular complexity index is 1070. The van der Waals surface area contributed by atoms with Crippen molar-refractivity contribution in [3.8, 4) is 17.1 Å². The fraction of sp³-hybridized carbons (Fsp3) is 0.167. The molecule has 0 aliphatic carbocycles. The molecule has 0 spiro atoms. The predicted octanol–water partition coefficient (Wildman–Crippen LogP) is 3.29. The van der Waals surface area contributed by atoms with Gasteiger partial charge in [0, 0.05) is 5.38 Å². The number of benzene rings is 1. The SMILES string of the molecule is COC(=O)Cc1csc(NC(=O)c2ccc(-c3ccc(OC)cc3[N+](=O)[O-])o2)n1. The lowest BCUT2D eigenvalue weighted by Crippen LogP contribution is -2.11. The number of nitrogens with zero attached hydrogens (tertiary/aromatic N) is 2. The number of hydrogen-bond acceptors (Lipinski definition) is 9. The number of hydrogen-bond donors (Lipinski definition) is 1. The Hall–Kier alpha value is -3.73. The van der Waals surface area contributed by atoms with Crippen LogP contribution in [0.15, 0.2) is 40.1 Å². The van der Waals surface area contributed by atoms with Crippen molar-refractivity contribution in [2.75, 3.05) is 19.5 Å². The Morgan fingerprint density at radius 2 is 2.07 bits per heavy atom. The first-order chi connectivity index (χ1) is 13.9. The second kappa shape index (κ2) is 8.52. The normalized spacial score (nSPS) is 10.4. The molecule has 0 fully saturated rings. The molecule has 0 atom stereocenters. The van der Waals surface area contributed by atoms with E-state index in [2.05, 4.69) is 15.0 Å². The summed E-state index contributed by atoms with van der Waals surface area (Å²) in [5, 5.41) is 15.8. The van der Waals surface area contributed by atoms with E-state index in [0.717, 1.165) is 11.3 Å². The highest BCUT2D eigenvalue weighted by atomic mass is 32.1. The van der Waals surface area contributed by atoms with Crippen LogP contribution >= 0.6 is 11.3 Å². The number of nitro benzene ring substituents is 1. The first kappa shape index (κ1) is 20.0. The zero-order chi connectivity index (χ0) is 21.0. The molecule has 11 heteroatoms. The van der Waals surface area contributed by atoms with Gasteiger partial charge >= 0.3 is 5.97 Å². The Kier molecular flexibility index (Phi) is 5.88. The number of carbonyl (C=O) groups is 2. The molecular weight excluding hydrogens is 402 g/mol. The number of nitrogens with one attached hydrogen (secondary N) is 1. The van der Waals surface area contributed by atoms with Gasteiger partial charge in [-0.15, -0.1) is 11.3 Å². The number of rotatable bonds is 7. The number of aromatic nitrogens is 1. The molecule has 3 rings (SSSR count). The van der Waals surface area contributed by atoms with Crippen molar-refractivity contribution in [1.29, 1.82) is 0 Å². The zero-order valence-electron chi connectivity index (χ0n) is 15.3. The summed E-state index contributed by atoms with van der Waals surface area (Å²) in [4.78, 5) is 38.6. The molecule has 29 heavy (non-hydrogen) atoms. The third-order valence-electron chi connectivity index (χ3n) is 3.82. The van der Waals surface area contributed by atoms with Gasteiger partial charge in [0.1, 0.15) is 11.5 Å². The minimum atomic E-state index is -0.577. The summed E-state index contributed by atoms with van der Waals surface area (Å²) < 4.78 is 15.1. The maximum atomic E-state index is 12.4. The van der Waals surface area contributed by atoms with E-state index in [-0.39, 0.29) is 34.3 Å². The zero-order valence-corrected chi connectivity index (χ0v) is 16.1. The molecule has 1 aromatic carbocycles. The minimum absolute atomic E-state index is 0.00505. The molecule has 0 aliphatic rings. The fourth-order valence-corrected chi connectivity index (χ4v) is 3.13. The molecule has 2 heterocycles. The number of furan rings is 1. The summed E-state index contributed by atoms with van der Waals surface area (Å²) in [6.45, 7) is 0. The van der Waals surface area contributed by atoms with Gasteiger partial charge < -0.3 is 13.9 Å². The average Bonchev–Trinajstić information content (AvgIpc) is 3.37. The van der Waals surface area contributed by atoms with Crippen LogP contribution in [0.3, 0.4) is 0 Å². The maximum Gasteiger partial charge on any atom is 0.311 e.